The molecule has 3 rings (SSSR count). The number of esters is 1. The SMILES string of the molecule is CCOC(=O)Cn1c(=NC(=O)CCCS(=O)(=O)Cc2ccccc2)sc2ccccc21. The number of sulfone groups is 1. The number of aromatic nitrogens is 1. The Balaban J connectivity index is 1.70. The van der Waals surface area contributed by atoms with Gasteiger partial charge >= 0.3 is 5.97 Å². The predicted molar refractivity (Wildman–Crippen MR) is 120 cm³/mol. The highest BCUT2D eigenvalue weighted by atomic mass is 32.2. The first kappa shape index (κ1) is 22.9. The maximum absolute atomic E-state index is 12.4. The van der Waals surface area contributed by atoms with Crippen molar-refractivity contribution in [1.82, 2.24) is 4.57 Å². The summed E-state index contributed by atoms with van der Waals surface area (Å²) in [5.41, 5.74) is 1.52. The van der Waals surface area contributed by atoms with Crippen LogP contribution in [0.5, 0.6) is 0 Å². The summed E-state index contributed by atoms with van der Waals surface area (Å²) in [6.07, 6.45) is 0.210. The summed E-state index contributed by atoms with van der Waals surface area (Å²) in [5, 5.41) is 0. The average molecular weight is 461 g/mol. The Kier molecular flexibility index (Phi) is 7.75. The number of carbonyl (C=O) groups excluding carboxylic acids is 2. The highest BCUT2D eigenvalue weighted by Gasteiger charge is 2.14. The van der Waals surface area contributed by atoms with Crippen LogP contribution >= 0.6 is 11.3 Å². The van der Waals surface area contributed by atoms with Crippen LogP contribution in [0, 0.1) is 0 Å². The Bertz CT molecular complexity index is 1230. The van der Waals surface area contributed by atoms with Gasteiger partial charge in [0, 0.05) is 6.42 Å². The van der Waals surface area contributed by atoms with Crippen LogP contribution in [-0.4, -0.2) is 37.2 Å². The number of carbonyl (C=O) groups is 2. The van der Waals surface area contributed by atoms with Crippen molar-refractivity contribution in [2.45, 2.75) is 32.1 Å². The molecule has 0 N–H and O–H groups in total. The molecule has 0 atom stereocenters. The first-order chi connectivity index (χ1) is 14.9. The standard InChI is InChI=1S/C22H24N2O5S2/c1-2-29-21(26)15-24-18-11-6-7-12-19(18)30-22(24)23-20(25)13-8-14-31(27,28)16-17-9-4-3-5-10-17/h3-7,9-12H,2,8,13-16H2,1H3. The highest BCUT2D eigenvalue weighted by Crippen LogP contribution is 2.17. The number of thiazole rings is 1. The molecule has 0 aliphatic heterocycles. The van der Waals surface area contributed by atoms with Gasteiger partial charge < -0.3 is 9.30 Å². The van der Waals surface area contributed by atoms with Crippen LogP contribution in [-0.2, 0) is 36.5 Å². The van der Waals surface area contributed by atoms with Crippen LogP contribution in [0.3, 0.4) is 0 Å². The normalized spacial score (nSPS) is 12.2. The van der Waals surface area contributed by atoms with Crippen LogP contribution in [0.1, 0.15) is 25.3 Å². The van der Waals surface area contributed by atoms with Gasteiger partial charge in [-0.05, 0) is 31.0 Å². The summed E-state index contributed by atoms with van der Waals surface area (Å²) in [4.78, 5) is 29.0. The van der Waals surface area contributed by atoms with Crippen molar-refractivity contribution in [1.29, 1.82) is 0 Å². The van der Waals surface area contributed by atoms with Gasteiger partial charge in [0.15, 0.2) is 14.6 Å². The van der Waals surface area contributed by atoms with Gasteiger partial charge in [0.25, 0.3) is 0 Å². The lowest BCUT2D eigenvalue weighted by atomic mass is 10.2. The average Bonchev–Trinajstić information content (AvgIpc) is 3.05. The van der Waals surface area contributed by atoms with Crippen LogP contribution in [0.15, 0.2) is 59.6 Å². The van der Waals surface area contributed by atoms with E-state index in [4.69, 9.17) is 4.74 Å². The smallest absolute Gasteiger partial charge is 0.326 e. The molecule has 1 heterocycles. The van der Waals surface area contributed by atoms with Crippen LogP contribution in [0.4, 0.5) is 0 Å². The Labute approximate surface area is 184 Å². The summed E-state index contributed by atoms with van der Waals surface area (Å²) >= 11 is 1.30. The maximum Gasteiger partial charge on any atom is 0.326 e. The third-order valence-corrected chi connectivity index (χ3v) is 7.22. The van der Waals surface area contributed by atoms with Crippen LogP contribution in [0.2, 0.25) is 0 Å². The molecule has 2 aromatic carbocycles. The Morgan fingerprint density at radius 1 is 1.06 bits per heavy atom. The molecule has 0 saturated heterocycles. The van der Waals surface area contributed by atoms with Crippen molar-refractivity contribution < 1.29 is 22.7 Å². The van der Waals surface area contributed by atoms with Crippen LogP contribution in [0.25, 0.3) is 10.2 Å². The second-order valence-electron chi connectivity index (χ2n) is 6.93. The fraction of sp³-hybridized carbons (Fsp3) is 0.318. The van der Waals surface area contributed by atoms with Gasteiger partial charge in [-0.1, -0.05) is 53.8 Å². The van der Waals surface area contributed by atoms with E-state index >= 15 is 0 Å². The topological polar surface area (TPSA) is 94.8 Å². The number of benzene rings is 2. The Morgan fingerprint density at radius 2 is 1.77 bits per heavy atom. The van der Waals surface area contributed by atoms with Gasteiger partial charge in [0.1, 0.15) is 6.54 Å². The fourth-order valence-electron chi connectivity index (χ4n) is 3.10. The van der Waals surface area contributed by atoms with E-state index in [9.17, 15) is 18.0 Å². The lowest BCUT2D eigenvalue weighted by Gasteiger charge is -2.05. The molecular formula is C22H24N2O5S2. The molecule has 0 radical (unpaired) electrons. The van der Waals surface area contributed by atoms with Crippen molar-refractivity contribution in [3.63, 3.8) is 0 Å². The number of para-hydroxylation sites is 1. The molecule has 0 aliphatic carbocycles. The molecule has 31 heavy (non-hydrogen) atoms. The molecule has 3 aromatic rings. The number of nitrogens with zero attached hydrogens (tertiary/aromatic N) is 2. The van der Waals surface area contributed by atoms with E-state index in [1.807, 2.05) is 30.3 Å². The minimum absolute atomic E-state index is 0.0155. The quantitative estimate of drug-likeness (QED) is 0.457. The number of hydrogen-bond acceptors (Lipinski definition) is 6. The minimum atomic E-state index is -3.31. The van der Waals surface area contributed by atoms with E-state index in [2.05, 4.69) is 4.99 Å². The number of fused-ring (bicyclic) bond motifs is 1. The molecule has 0 unspecified atom stereocenters. The zero-order valence-corrected chi connectivity index (χ0v) is 18.8. The molecule has 0 spiro atoms. The highest BCUT2D eigenvalue weighted by molar-refractivity contribution is 7.90. The summed E-state index contributed by atoms with van der Waals surface area (Å²) in [6, 6.07) is 16.4. The van der Waals surface area contributed by atoms with Gasteiger partial charge in [-0.3, -0.25) is 9.59 Å². The molecule has 0 bridgehead atoms. The molecule has 1 aromatic heterocycles. The Morgan fingerprint density at radius 3 is 2.52 bits per heavy atom. The van der Waals surface area contributed by atoms with Crippen molar-refractivity contribution in [3.8, 4) is 0 Å². The van der Waals surface area contributed by atoms with E-state index < -0.39 is 21.7 Å². The molecular weight excluding hydrogens is 436 g/mol. The molecule has 7 nitrogen and oxygen atoms in total. The molecule has 0 saturated carbocycles. The zero-order chi connectivity index (χ0) is 22.3. The monoisotopic (exact) mass is 460 g/mol. The predicted octanol–water partition coefficient (Wildman–Crippen LogP) is 3.09. The largest absolute Gasteiger partial charge is 0.465 e. The lowest BCUT2D eigenvalue weighted by Crippen LogP contribution is -2.23. The summed E-state index contributed by atoms with van der Waals surface area (Å²) in [7, 11) is -3.31. The summed E-state index contributed by atoms with van der Waals surface area (Å²) in [5.74, 6) is -0.959. The van der Waals surface area contributed by atoms with E-state index in [1.165, 1.54) is 11.3 Å². The van der Waals surface area contributed by atoms with Crippen molar-refractivity contribution >= 4 is 43.3 Å². The molecule has 0 aliphatic rings. The fourth-order valence-corrected chi connectivity index (χ4v) is 5.58. The zero-order valence-electron chi connectivity index (χ0n) is 17.2. The van der Waals surface area contributed by atoms with Gasteiger partial charge in [-0.2, -0.15) is 4.99 Å². The molecule has 1 amide bonds. The van der Waals surface area contributed by atoms with Crippen molar-refractivity contribution in [2.75, 3.05) is 12.4 Å². The third kappa shape index (κ3) is 6.60. The van der Waals surface area contributed by atoms with E-state index in [0.29, 0.717) is 4.80 Å². The Hall–Kier alpha value is -2.78. The number of rotatable bonds is 9. The van der Waals surface area contributed by atoms with E-state index in [1.54, 1.807) is 35.8 Å². The summed E-state index contributed by atoms with van der Waals surface area (Å²) < 4.78 is 32.2. The molecule has 164 valence electrons. The first-order valence-corrected chi connectivity index (χ1v) is 12.6. The molecule has 0 fully saturated rings. The minimum Gasteiger partial charge on any atom is -0.465 e. The van der Waals surface area contributed by atoms with Crippen molar-refractivity contribution in [2.24, 2.45) is 4.99 Å². The second-order valence-corrected chi connectivity index (χ2v) is 10.1. The number of amides is 1. The second kappa shape index (κ2) is 10.5. The van der Waals surface area contributed by atoms with Gasteiger partial charge in [-0.15, -0.1) is 0 Å². The summed E-state index contributed by atoms with van der Waals surface area (Å²) in [6.45, 7) is 1.95. The van der Waals surface area contributed by atoms with Crippen LogP contribution < -0.4 is 4.80 Å². The lowest BCUT2D eigenvalue weighted by molar-refractivity contribution is -0.143. The first-order valence-electron chi connectivity index (χ1n) is 9.94. The van der Waals surface area contributed by atoms with Crippen molar-refractivity contribution in [3.05, 3.63) is 65.0 Å². The van der Waals surface area contributed by atoms with Gasteiger partial charge in [-0.25, -0.2) is 8.42 Å². The van der Waals surface area contributed by atoms with Gasteiger partial charge in [0.2, 0.25) is 5.91 Å². The molecule has 9 heteroatoms. The maximum atomic E-state index is 12.4. The number of hydrogen-bond donors (Lipinski definition) is 0. The third-order valence-electron chi connectivity index (χ3n) is 4.48. The van der Waals surface area contributed by atoms with E-state index in [-0.39, 0.29) is 37.5 Å². The van der Waals surface area contributed by atoms with Gasteiger partial charge in [0.05, 0.1) is 28.3 Å². The van der Waals surface area contributed by atoms with E-state index in [0.717, 1.165) is 15.8 Å². The number of ether oxygens (including phenoxy) is 1.